The van der Waals surface area contributed by atoms with Crippen LogP contribution >= 0.6 is 12.2 Å². The average molecular weight is 362 g/mol. The summed E-state index contributed by atoms with van der Waals surface area (Å²) >= 11 is 5.21. The summed E-state index contributed by atoms with van der Waals surface area (Å²) in [7, 11) is 3.52. The molecular formula is C19H27N3O2S. The summed E-state index contributed by atoms with van der Waals surface area (Å²) in [4.78, 5) is 25.2. The fourth-order valence-electron chi connectivity index (χ4n) is 3.05. The van der Waals surface area contributed by atoms with E-state index in [4.69, 9.17) is 12.2 Å². The number of nitrogens with zero attached hydrogens (tertiary/aromatic N) is 1. The second-order valence-electron chi connectivity index (χ2n) is 6.84. The number of rotatable bonds is 6. The van der Waals surface area contributed by atoms with Crippen LogP contribution in [-0.2, 0) is 16.0 Å². The molecule has 1 aromatic rings. The SMILES string of the molecule is CN(C)C(=O)CCc1ccc(NC(=S)NC(=O)CC2CCCC2)cc1. The van der Waals surface area contributed by atoms with Gasteiger partial charge in [-0.2, -0.15) is 0 Å². The standard InChI is InChI=1S/C19H27N3O2S/c1-22(2)18(24)12-9-14-7-10-16(11-8-14)20-19(25)21-17(23)13-15-5-3-4-6-15/h7-8,10-11,15H,3-6,9,12-13H2,1-2H3,(H2,20,21,23,25). The van der Waals surface area contributed by atoms with Gasteiger partial charge in [-0.05, 0) is 55.1 Å². The predicted octanol–water partition coefficient (Wildman–Crippen LogP) is 3.10. The van der Waals surface area contributed by atoms with Gasteiger partial charge in [0.05, 0.1) is 0 Å². The Morgan fingerprint density at radius 2 is 1.80 bits per heavy atom. The molecule has 0 radical (unpaired) electrons. The van der Waals surface area contributed by atoms with Crippen molar-refractivity contribution in [3.05, 3.63) is 29.8 Å². The van der Waals surface area contributed by atoms with Crippen molar-refractivity contribution in [3.8, 4) is 0 Å². The first-order valence-electron chi connectivity index (χ1n) is 8.84. The first-order valence-corrected chi connectivity index (χ1v) is 9.25. The molecule has 0 atom stereocenters. The molecule has 0 bridgehead atoms. The molecule has 1 aliphatic carbocycles. The topological polar surface area (TPSA) is 61.4 Å². The van der Waals surface area contributed by atoms with E-state index in [2.05, 4.69) is 10.6 Å². The molecule has 136 valence electrons. The Bertz CT molecular complexity index is 608. The van der Waals surface area contributed by atoms with Crippen LogP contribution in [0.4, 0.5) is 5.69 Å². The van der Waals surface area contributed by atoms with E-state index >= 15 is 0 Å². The van der Waals surface area contributed by atoms with Gasteiger partial charge in [0.1, 0.15) is 0 Å². The Hall–Kier alpha value is -1.95. The number of aryl methyl sites for hydroxylation is 1. The molecule has 2 amide bonds. The van der Waals surface area contributed by atoms with Gasteiger partial charge in [-0.1, -0.05) is 25.0 Å². The summed E-state index contributed by atoms with van der Waals surface area (Å²) in [5, 5.41) is 6.12. The summed E-state index contributed by atoms with van der Waals surface area (Å²) in [5.41, 5.74) is 1.92. The minimum Gasteiger partial charge on any atom is -0.349 e. The minimum absolute atomic E-state index is 0.0109. The van der Waals surface area contributed by atoms with E-state index in [1.165, 1.54) is 12.8 Å². The number of benzene rings is 1. The highest BCUT2D eigenvalue weighted by atomic mass is 32.1. The van der Waals surface area contributed by atoms with Crippen LogP contribution in [0.1, 0.15) is 44.1 Å². The summed E-state index contributed by atoms with van der Waals surface area (Å²) in [6, 6.07) is 7.75. The Morgan fingerprint density at radius 3 is 2.40 bits per heavy atom. The number of hydrogen-bond acceptors (Lipinski definition) is 3. The number of carbonyl (C=O) groups excluding carboxylic acids is 2. The maximum absolute atomic E-state index is 12.0. The van der Waals surface area contributed by atoms with E-state index < -0.39 is 0 Å². The monoisotopic (exact) mass is 361 g/mol. The van der Waals surface area contributed by atoms with Crippen LogP contribution < -0.4 is 10.6 Å². The number of amides is 2. The van der Waals surface area contributed by atoms with Gasteiger partial charge in [0.25, 0.3) is 0 Å². The molecule has 25 heavy (non-hydrogen) atoms. The summed E-state index contributed by atoms with van der Waals surface area (Å²) in [6.07, 6.45) is 6.51. The Labute approximate surface area is 155 Å². The van der Waals surface area contributed by atoms with Crippen LogP contribution in [0.15, 0.2) is 24.3 Å². The minimum atomic E-state index is -0.0109. The van der Waals surface area contributed by atoms with Crippen LogP contribution in [0.3, 0.4) is 0 Å². The second kappa shape index (κ2) is 9.51. The van der Waals surface area contributed by atoms with Crippen molar-refractivity contribution in [2.24, 2.45) is 5.92 Å². The Kier molecular flexibility index (Phi) is 7.37. The van der Waals surface area contributed by atoms with Crippen molar-refractivity contribution < 1.29 is 9.59 Å². The van der Waals surface area contributed by atoms with Crippen molar-refractivity contribution in [1.29, 1.82) is 0 Å². The van der Waals surface area contributed by atoms with E-state index in [0.717, 1.165) is 24.1 Å². The van der Waals surface area contributed by atoms with E-state index in [9.17, 15) is 9.59 Å². The lowest BCUT2D eigenvalue weighted by molar-refractivity contribution is -0.128. The van der Waals surface area contributed by atoms with Gasteiger partial charge >= 0.3 is 0 Å². The van der Waals surface area contributed by atoms with E-state index in [-0.39, 0.29) is 11.8 Å². The molecule has 1 aliphatic rings. The van der Waals surface area contributed by atoms with Crippen LogP contribution in [-0.4, -0.2) is 35.9 Å². The smallest absolute Gasteiger partial charge is 0.226 e. The third-order valence-corrected chi connectivity index (χ3v) is 4.74. The second-order valence-corrected chi connectivity index (χ2v) is 7.25. The van der Waals surface area contributed by atoms with Gasteiger partial charge in [0.2, 0.25) is 11.8 Å². The highest BCUT2D eigenvalue weighted by Crippen LogP contribution is 2.27. The molecule has 1 saturated carbocycles. The quantitative estimate of drug-likeness (QED) is 0.765. The molecular weight excluding hydrogens is 334 g/mol. The van der Waals surface area contributed by atoms with Gasteiger partial charge in [0.15, 0.2) is 5.11 Å². The van der Waals surface area contributed by atoms with Gasteiger partial charge < -0.3 is 15.5 Å². The summed E-state index contributed by atoms with van der Waals surface area (Å²) in [5.74, 6) is 0.614. The van der Waals surface area contributed by atoms with E-state index in [1.54, 1.807) is 19.0 Å². The zero-order valence-corrected chi connectivity index (χ0v) is 15.8. The highest BCUT2D eigenvalue weighted by molar-refractivity contribution is 7.80. The van der Waals surface area contributed by atoms with Crippen molar-refractivity contribution in [3.63, 3.8) is 0 Å². The molecule has 2 N–H and O–H groups in total. The predicted molar refractivity (Wildman–Crippen MR) is 104 cm³/mol. The first kappa shape index (κ1) is 19.4. The molecule has 0 aromatic heterocycles. The number of thiocarbonyl (C=S) groups is 1. The summed E-state index contributed by atoms with van der Waals surface area (Å²) < 4.78 is 0. The van der Waals surface area contributed by atoms with Crippen LogP contribution in [0.2, 0.25) is 0 Å². The molecule has 0 spiro atoms. The Morgan fingerprint density at radius 1 is 1.16 bits per heavy atom. The van der Waals surface area contributed by atoms with Crippen molar-refractivity contribution in [2.75, 3.05) is 19.4 Å². The van der Waals surface area contributed by atoms with Crippen molar-refractivity contribution in [1.82, 2.24) is 10.2 Å². The molecule has 6 heteroatoms. The highest BCUT2D eigenvalue weighted by Gasteiger charge is 2.18. The molecule has 1 fully saturated rings. The number of carbonyl (C=O) groups is 2. The fourth-order valence-corrected chi connectivity index (χ4v) is 3.28. The number of hydrogen-bond donors (Lipinski definition) is 2. The largest absolute Gasteiger partial charge is 0.349 e. The molecule has 5 nitrogen and oxygen atoms in total. The van der Waals surface area contributed by atoms with Gasteiger partial charge in [0, 0.05) is 32.6 Å². The molecule has 2 rings (SSSR count). The van der Waals surface area contributed by atoms with E-state index in [1.807, 2.05) is 24.3 Å². The van der Waals surface area contributed by atoms with Crippen LogP contribution in [0.5, 0.6) is 0 Å². The Balaban J connectivity index is 1.74. The molecule has 1 aromatic carbocycles. The maximum Gasteiger partial charge on any atom is 0.226 e. The zero-order valence-electron chi connectivity index (χ0n) is 15.0. The normalized spacial score (nSPS) is 14.2. The number of nitrogens with one attached hydrogen (secondary N) is 2. The van der Waals surface area contributed by atoms with Crippen LogP contribution in [0.25, 0.3) is 0 Å². The van der Waals surface area contributed by atoms with Gasteiger partial charge in [-0.15, -0.1) is 0 Å². The van der Waals surface area contributed by atoms with Gasteiger partial charge in [-0.3, -0.25) is 9.59 Å². The molecule has 0 heterocycles. The van der Waals surface area contributed by atoms with Crippen LogP contribution in [0, 0.1) is 5.92 Å². The molecule has 0 saturated heterocycles. The van der Waals surface area contributed by atoms with Crippen molar-refractivity contribution >= 4 is 34.8 Å². The average Bonchev–Trinajstić information content (AvgIpc) is 3.06. The van der Waals surface area contributed by atoms with E-state index in [0.29, 0.717) is 30.3 Å². The third kappa shape index (κ3) is 6.82. The maximum atomic E-state index is 12.0. The summed E-state index contributed by atoms with van der Waals surface area (Å²) in [6.45, 7) is 0. The lowest BCUT2D eigenvalue weighted by Gasteiger charge is -2.12. The van der Waals surface area contributed by atoms with Gasteiger partial charge in [-0.25, -0.2) is 0 Å². The third-order valence-electron chi connectivity index (χ3n) is 4.54. The molecule has 0 aliphatic heterocycles. The molecule has 0 unspecified atom stereocenters. The lowest BCUT2D eigenvalue weighted by atomic mass is 10.0. The fraction of sp³-hybridized carbons (Fsp3) is 0.526. The first-order chi connectivity index (χ1) is 11.9. The zero-order chi connectivity index (χ0) is 18.2. The number of anilines is 1. The lowest BCUT2D eigenvalue weighted by Crippen LogP contribution is -2.34. The van der Waals surface area contributed by atoms with Crippen molar-refractivity contribution in [2.45, 2.75) is 44.9 Å².